The third kappa shape index (κ3) is 2.70. The monoisotopic (exact) mass is 238 g/mol. The molecule has 0 saturated carbocycles. The van der Waals surface area contributed by atoms with Crippen molar-refractivity contribution in [1.29, 1.82) is 0 Å². The molecule has 0 radical (unpaired) electrons. The molecule has 0 aliphatic carbocycles. The zero-order chi connectivity index (χ0) is 12.3. The molecule has 0 fully saturated rings. The van der Waals surface area contributed by atoms with Crippen molar-refractivity contribution < 1.29 is 9.90 Å². The molecule has 86 valence electrons. The second kappa shape index (κ2) is 4.94. The topological polar surface area (TPSA) is 66.6 Å². The number of amides is 1. The smallest absolute Gasteiger partial charge is 0.220 e. The number of phenolic OH excluding ortho intramolecular Hbond substituents is 1. The van der Waals surface area contributed by atoms with Crippen LogP contribution in [0.2, 0.25) is 0 Å². The Hall–Kier alpha value is -1.62. The van der Waals surface area contributed by atoms with Gasteiger partial charge in [0.05, 0.1) is 0 Å². The molecule has 0 aliphatic rings. The summed E-state index contributed by atoms with van der Waals surface area (Å²) in [5.74, 6) is 0.0433. The van der Waals surface area contributed by atoms with Gasteiger partial charge in [0, 0.05) is 14.0 Å². The molecule has 0 heterocycles. The van der Waals surface area contributed by atoms with Crippen molar-refractivity contribution in [2.45, 2.75) is 13.0 Å². The summed E-state index contributed by atoms with van der Waals surface area (Å²) in [5.41, 5.74) is 6.40. The summed E-state index contributed by atoms with van der Waals surface area (Å²) in [7, 11) is 1.64. The van der Waals surface area contributed by atoms with Crippen molar-refractivity contribution in [2.24, 2.45) is 5.73 Å². The Morgan fingerprint density at radius 2 is 1.94 bits per heavy atom. The van der Waals surface area contributed by atoms with Crippen LogP contribution in [-0.2, 0) is 4.79 Å². The third-order valence-electron chi connectivity index (χ3n) is 2.36. The number of carbonyl (C=O) groups excluding carboxylic acids is 1. The van der Waals surface area contributed by atoms with Gasteiger partial charge in [-0.2, -0.15) is 0 Å². The fourth-order valence-electron chi connectivity index (χ4n) is 1.42. The van der Waals surface area contributed by atoms with E-state index < -0.39 is 6.04 Å². The first-order chi connectivity index (χ1) is 7.43. The molecule has 1 rings (SSSR count). The Kier molecular flexibility index (Phi) is 3.84. The van der Waals surface area contributed by atoms with Crippen molar-refractivity contribution in [1.82, 2.24) is 4.90 Å². The predicted octanol–water partition coefficient (Wildman–Crippen LogP) is 1.20. The molecule has 0 bridgehead atoms. The van der Waals surface area contributed by atoms with Crippen molar-refractivity contribution in [3.63, 3.8) is 0 Å². The van der Waals surface area contributed by atoms with Gasteiger partial charge in [-0.05, 0) is 17.7 Å². The summed E-state index contributed by atoms with van der Waals surface area (Å²) in [6.45, 7) is 1.45. The van der Waals surface area contributed by atoms with Crippen LogP contribution in [0.1, 0.15) is 18.5 Å². The molecule has 0 saturated heterocycles. The normalized spacial score (nSPS) is 11.9. The lowest BCUT2D eigenvalue weighted by atomic mass is 10.1. The lowest BCUT2D eigenvalue weighted by Crippen LogP contribution is -2.36. The first-order valence-electron chi connectivity index (χ1n) is 4.75. The van der Waals surface area contributed by atoms with Crippen LogP contribution in [0.5, 0.6) is 5.75 Å². The molecule has 1 unspecified atom stereocenters. The zero-order valence-electron chi connectivity index (χ0n) is 9.18. The van der Waals surface area contributed by atoms with Crippen LogP contribution in [0.25, 0.3) is 0 Å². The largest absolute Gasteiger partial charge is 0.508 e. The van der Waals surface area contributed by atoms with Crippen LogP contribution >= 0.6 is 12.2 Å². The Labute approximate surface area is 99.7 Å². The second-order valence-electron chi connectivity index (χ2n) is 3.53. The molecule has 1 aromatic rings. The van der Waals surface area contributed by atoms with Crippen molar-refractivity contribution in [3.8, 4) is 5.75 Å². The van der Waals surface area contributed by atoms with Gasteiger partial charge < -0.3 is 15.7 Å². The number of carbonyl (C=O) groups is 1. The fraction of sp³-hybridized carbons (Fsp3) is 0.273. The van der Waals surface area contributed by atoms with Crippen molar-refractivity contribution in [2.75, 3.05) is 7.05 Å². The minimum absolute atomic E-state index is 0.120. The van der Waals surface area contributed by atoms with E-state index in [4.69, 9.17) is 18.0 Å². The Balaban J connectivity index is 3.07. The molecule has 0 aromatic heterocycles. The maximum absolute atomic E-state index is 11.3. The number of hydrogen-bond donors (Lipinski definition) is 2. The van der Waals surface area contributed by atoms with Gasteiger partial charge in [0.15, 0.2) is 0 Å². The van der Waals surface area contributed by atoms with Crippen LogP contribution in [0.15, 0.2) is 24.3 Å². The predicted molar refractivity (Wildman–Crippen MR) is 66.1 cm³/mol. The van der Waals surface area contributed by atoms with E-state index in [2.05, 4.69) is 0 Å². The third-order valence-corrected chi connectivity index (χ3v) is 2.59. The van der Waals surface area contributed by atoms with Gasteiger partial charge in [-0.3, -0.25) is 4.79 Å². The van der Waals surface area contributed by atoms with Gasteiger partial charge in [-0.25, -0.2) is 0 Å². The van der Waals surface area contributed by atoms with Gasteiger partial charge >= 0.3 is 0 Å². The van der Waals surface area contributed by atoms with Crippen LogP contribution < -0.4 is 5.73 Å². The number of nitrogens with two attached hydrogens (primary N) is 1. The van der Waals surface area contributed by atoms with E-state index in [1.807, 2.05) is 0 Å². The van der Waals surface area contributed by atoms with Gasteiger partial charge in [0.1, 0.15) is 16.8 Å². The molecule has 1 amide bonds. The highest BCUT2D eigenvalue weighted by molar-refractivity contribution is 7.80. The van der Waals surface area contributed by atoms with E-state index >= 15 is 0 Å². The molecule has 5 heteroatoms. The van der Waals surface area contributed by atoms with Crippen LogP contribution in [0.4, 0.5) is 0 Å². The van der Waals surface area contributed by atoms with E-state index in [0.717, 1.165) is 5.56 Å². The first kappa shape index (κ1) is 12.4. The van der Waals surface area contributed by atoms with Gasteiger partial charge in [0.2, 0.25) is 5.91 Å². The number of rotatable bonds is 3. The SMILES string of the molecule is CC(=O)N(C)C(C(N)=S)c1ccc(O)cc1. The highest BCUT2D eigenvalue weighted by atomic mass is 32.1. The first-order valence-corrected chi connectivity index (χ1v) is 5.16. The highest BCUT2D eigenvalue weighted by Crippen LogP contribution is 2.22. The molecular weight excluding hydrogens is 224 g/mol. The summed E-state index contributed by atoms with van der Waals surface area (Å²) in [6.07, 6.45) is 0. The summed E-state index contributed by atoms with van der Waals surface area (Å²) >= 11 is 4.95. The van der Waals surface area contributed by atoms with Gasteiger partial charge in [-0.15, -0.1) is 0 Å². The van der Waals surface area contributed by atoms with Crippen LogP contribution in [-0.4, -0.2) is 27.9 Å². The summed E-state index contributed by atoms with van der Waals surface area (Å²) in [6, 6.07) is 6.02. The zero-order valence-corrected chi connectivity index (χ0v) is 9.99. The number of hydrogen-bond acceptors (Lipinski definition) is 3. The molecular formula is C11H14N2O2S. The molecule has 0 aliphatic heterocycles. The van der Waals surface area contributed by atoms with Crippen LogP contribution in [0.3, 0.4) is 0 Å². The molecule has 0 spiro atoms. The average molecular weight is 238 g/mol. The molecule has 1 aromatic carbocycles. The van der Waals surface area contributed by atoms with Gasteiger partial charge in [0.25, 0.3) is 0 Å². The highest BCUT2D eigenvalue weighted by Gasteiger charge is 2.21. The number of aromatic hydroxyl groups is 1. The van der Waals surface area contributed by atoms with E-state index in [0.29, 0.717) is 0 Å². The Morgan fingerprint density at radius 1 is 1.44 bits per heavy atom. The standard InChI is InChI=1S/C11H14N2O2S/c1-7(14)13(2)10(11(12)16)8-3-5-9(15)6-4-8/h3-6,10,15H,1-2H3,(H2,12,16). The lowest BCUT2D eigenvalue weighted by molar-refractivity contribution is -0.128. The summed E-state index contributed by atoms with van der Waals surface area (Å²) in [4.78, 5) is 13.0. The minimum atomic E-state index is -0.437. The minimum Gasteiger partial charge on any atom is -0.508 e. The molecule has 1 atom stereocenters. The fourth-order valence-corrected chi connectivity index (χ4v) is 1.71. The second-order valence-corrected chi connectivity index (χ2v) is 4.00. The molecule has 4 nitrogen and oxygen atoms in total. The lowest BCUT2D eigenvalue weighted by Gasteiger charge is -2.26. The van der Waals surface area contributed by atoms with E-state index in [1.165, 1.54) is 24.0 Å². The van der Waals surface area contributed by atoms with Crippen molar-refractivity contribution in [3.05, 3.63) is 29.8 Å². The Morgan fingerprint density at radius 3 is 2.31 bits per heavy atom. The van der Waals surface area contributed by atoms with Crippen molar-refractivity contribution >= 4 is 23.1 Å². The number of benzene rings is 1. The molecule has 16 heavy (non-hydrogen) atoms. The maximum Gasteiger partial charge on any atom is 0.220 e. The Bertz CT molecular complexity index is 403. The van der Waals surface area contributed by atoms with E-state index in [-0.39, 0.29) is 16.6 Å². The summed E-state index contributed by atoms with van der Waals surface area (Å²) < 4.78 is 0. The number of phenols is 1. The number of nitrogens with zero attached hydrogens (tertiary/aromatic N) is 1. The number of likely N-dealkylation sites (N-methyl/N-ethyl adjacent to an activating group) is 1. The van der Waals surface area contributed by atoms with Crippen LogP contribution in [0, 0.1) is 0 Å². The number of thiocarbonyl (C=S) groups is 1. The van der Waals surface area contributed by atoms with E-state index in [1.54, 1.807) is 19.2 Å². The average Bonchev–Trinajstić information content (AvgIpc) is 2.20. The van der Waals surface area contributed by atoms with Gasteiger partial charge in [-0.1, -0.05) is 24.4 Å². The molecule has 3 N–H and O–H groups in total. The quantitative estimate of drug-likeness (QED) is 0.776. The summed E-state index contributed by atoms with van der Waals surface area (Å²) in [5, 5.41) is 9.18. The van der Waals surface area contributed by atoms with E-state index in [9.17, 15) is 9.90 Å². The maximum atomic E-state index is 11.3.